The average Bonchev–Trinajstić information content (AvgIpc) is 2.17. The van der Waals surface area contributed by atoms with Gasteiger partial charge in [-0.3, -0.25) is 0 Å². The summed E-state index contributed by atoms with van der Waals surface area (Å²) in [6.07, 6.45) is 3.74. The molecular formula is C12H12FNO2. The molecule has 1 aromatic rings. The van der Waals surface area contributed by atoms with Crippen molar-refractivity contribution < 1.29 is 14.3 Å². The Labute approximate surface area is 92.6 Å². The van der Waals surface area contributed by atoms with Gasteiger partial charge in [-0.2, -0.15) is 4.99 Å². The fraction of sp³-hybridized carbons (Fsp3) is 0.417. The predicted octanol–water partition coefficient (Wildman–Crippen LogP) is 2.55. The highest BCUT2D eigenvalue weighted by molar-refractivity contribution is 5.48. The van der Waals surface area contributed by atoms with Crippen molar-refractivity contribution in [2.45, 2.75) is 31.7 Å². The Morgan fingerprint density at radius 3 is 2.69 bits per heavy atom. The van der Waals surface area contributed by atoms with Crippen molar-refractivity contribution in [3.8, 4) is 5.75 Å². The number of rotatable bonds is 2. The normalized spacial score (nSPS) is 17.4. The fourth-order valence-corrected chi connectivity index (χ4v) is 2.13. The van der Waals surface area contributed by atoms with Crippen LogP contribution in [0.2, 0.25) is 0 Å². The van der Waals surface area contributed by atoms with E-state index in [2.05, 4.69) is 4.99 Å². The van der Waals surface area contributed by atoms with E-state index in [9.17, 15) is 14.3 Å². The molecule has 16 heavy (non-hydrogen) atoms. The molecule has 0 heterocycles. The third-order valence-corrected chi connectivity index (χ3v) is 3.21. The molecule has 2 rings (SSSR count). The number of nitrogens with zero attached hydrogens (tertiary/aromatic N) is 1. The maximum absolute atomic E-state index is 13.3. The van der Waals surface area contributed by atoms with Gasteiger partial charge in [0.1, 0.15) is 17.1 Å². The van der Waals surface area contributed by atoms with Gasteiger partial charge in [0.2, 0.25) is 6.08 Å². The van der Waals surface area contributed by atoms with E-state index >= 15 is 0 Å². The molecule has 0 aliphatic heterocycles. The van der Waals surface area contributed by atoms with E-state index in [1.54, 1.807) is 6.92 Å². The molecule has 0 spiro atoms. The van der Waals surface area contributed by atoms with E-state index in [4.69, 9.17) is 0 Å². The van der Waals surface area contributed by atoms with E-state index in [-0.39, 0.29) is 5.75 Å². The lowest BCUT2D eigenvalue weighted by atomic mass is 9.71. The largest absolute Gasteiger partial charge is 0.507 e. The van der Waals surface area contributed by atoms with Gasteiger partial charge in [-0.25, -0.2) is 9.18 Å². The molecule has 0 saturated heterocycles. The van der Waals surface area contributed by atoms with Crippen LogP contribution in [0.4, 0.5) is 4.39 Å². The maximum Gasteiger partial charge on any atom is 0.235 e. The number of hydrogen-bond acceptors (Lipinski definition) is 3. The molecular weight excluding hydrogens is 209 g/mol. The number of phenols is 1. The average molecular weight is 221 g/mol. The molecule has 0 aromatic heterocycles. The standard InChI is InChI=1S/C12H12FNO2/c1-8-5-9(13)6-10(11(8)16)12(14-7-15)3-2-4-12/h5-6,16H,2-4H2,1H3. The molecule has 1 aliphatic carbocycles. The summed E-state index contributed by atoms with van der Waals surface area (Å²) < 4.78 is 13.3. The quantitative estimate of drug-likeness (QED) is 0.616. The van der Waals surface area contributed by atoms with Crippen molar-refractivity contribution in [3.63, 3.8) is 0 Å². The minimum atomic E-state index is -0.751. The Kier molecular flexibility index (Phi) is 2.52. The van der Waals surface area contributed by atoms with E-state index in [0.717, 1.165) is 6.42 Å². The van der Waals surface area contributed by atoms with Gasteiger partial charge in [-0.15, -0.1) is 0 Å². The number of aryl methyl sites for hydroxylation is 1. The molecule has 0 atom stereocenters. The predicted molar refractivity (Wildman–Crippen MR) is 56.5 cm³/mol. The third-order valence-electron chi connectivity index (χ3n) is 3.21. The Bertz CT molecular complexity index is 474. The van der Waals surface area contributed by atoms with Crippen molar-refractivity contribution in [1.29, 1.82) is 0 Å². The summed E-state index contributed by atoms with van der Waals surface area (Å²) in [5.41, 5.74) is 0.112. The SMILES string of the molecule is Cc1cc(F)cc(C2(N=C=O)CCC2)c1O. The highest BCUT2D eigenvalue weighted by atomic mass is 19.1. The maximum atomic E-state index is 13.3. The van der Waals surface area contributed by atoms with Crippen molar-refractivity contribution in [3.05, 3.63) is 29.1 Å². The summed E-state index contributed by atoms with van der Waals surface area (Å²) in [6, 6.07) is 2.51. The second-order valence-corrected chi connectivity index (χ2v) is 4.21. The lowest BCUT2D eigenvalue weighted by Gasteiger charge is -2.37. The number of carbonyl (C=O) groups excluding carboxylic acids is 1. The molecule has 0 unspecified atom stereocenters. The van der Waals surface area contributed by atoms with Gasteiger partial charge in [-0.1, -0.05) is 0 Å². The van der Waals surface area contributed by atoms with Crippen LogP contribution in [0.5, 0.6) is 5.75 Å². The van der Waals surface area contributed by atoms with Crippen molar-refractivity contribution in [1.82, 2.24) is 0 Å². The first-order valence-corrected chi connectivity index (χ1v) is 5.18. The molecule has 1 N–H and O–H groups in total. The summed E-state index contributed by atoms with van der Waals surface area (Å²) in [5.74, 6) is -0.391. The minimum Gasteiger partial charge on any atom is -0.507 e. The van der Waals surface area contributed by atoms with E-state index in [1.807, 2.05) is 0 Å². The first kappa shape index (κ1) is 10.8. The second-order valence-electron chi connectivity index (χ2n) is 4.21. The zero-order valence-electron chi connectivity index (χ0n) is 8.96. The smallest absolute Gasteiger partial charge is 0.235 e. The first-order valence-electron chi connectivity index (χ1n) is 5.18. The molecule has 84 valence electrons. The molecule has 0 amide bonds. The van der Waals surface area contributed by atoms with Crippen LogP contribution in [0.3, 0.4) is 0 Å². The number of hydrogen-bond donors (Lipinski definition) is 1. The van der Waals surface area contributed by atoms with E-state index in [0.29, 0.717) is 24.0 Å². The summed E-state index contributed by atoms with van der Waals surface area (Å²) in [7, 11) is 0. The number of isocyanates is 1. The molecule has 1 aliphatic rings. The Morgan fingerprint density at radius 2 is 2.19 bits per heavy atom. The lowest BCUT2D eigenvalue weighted by molar-refractivity contribution is 0.246. The molecule has 4 heteroatoms. The Balaban J connectivity index is 2.58. The molecule has 0 radical (unpaired) electrons. The summed E-state index contributed by atoms with van der Waals surface area (Å²) in [6.45, 7) is 1.62. The van der Waals surface area contributed by atoms with Gasteiger partial charge in [0, 0.05) is 5.56 Å². The summed E-state index contributed by atoms with van der Waals surface area (Å²) >= 11 is 0. The van der Waals surface area contributed by atoms with Gasteiger partial charge in [0.25, 0.3) is 0 Å². The minimum absolute atomic E-state index is 0.0279. The number of benzene rings is 1. The fourth-order valence-electron chi connectivity index (χ4n) is 2.13. The van der Waals surface area contributed by atoms with Crippen LogP contribution in [0.25, 0.3) is 0 Å². The van der Waals surface area contributed by atoms with Crippen LogP contribution >= 0.6 is 0 Å². The van der Waals surface area contributed by atoms with E-state index < -0.39 is 11.4 Å². The number of aromatic hydroxyl groups is 1. The van der Waals surface area contributed by atoms with Crippen LogP contribution in [0.1, 0.15) is 30.4 Å². The number of phenolic OH excluding ortho intramolecular Hbond substituents is 1. The van der Waals surface area contributed by atoms with Crippen LogP contribution in [0, 0.1) is 12.7 Å². The van der Waals surface area contributed by atoms with Crippen LogP contribution in [-0.2, 0) is 10.3 Å². The van der Waals surface area contributed by atoms with Gasteiger partial charge in [0.15, 0.2) is 0 Å². The third kappa shape index (κ3) is 1.51. The summed E-state index contributed by atoms with van der Waals surface area (Å²) in [5, 5.41) is 9.89. The van der Waals surface area contributed by atoms with Crippen LogP contribution < -0.4 is 0 Å². The second kappa shape index (κ2) is 3.72. The Morgan fingerprint density at radius 1 is 1.50 bits per heavy atom. The monoisotopic (exact) mass is 221 g/mol. The van der Waals surface area contributed by atoms with Crippen LogP contribution in [0.15, 0.2) is 17.1 Å². The summed E-state index contributed by atoms with van der Waals surface area (Å²) in [4.78, 5) is 14.1. The molecule has 0 bridgehead atoms. The number of halogens is 1. The highest BCUT2D eigenvalue weighted by Gasteiger charge is 2.41. The van der Waals surface area contributed by atoms with Crippen LogP contribution in [-0.4, -0.2) is 11.2 Å². The van der Waals surface area contributed by atoms with Crippen molar-refractivity contribution in [2.75, 3.05) is 0 Å². The van der Waals surface area contributed by atoms with Crippen molar-refractivity contribution in [2.24, 2.45) is 4.99 Å². The van der Waals surface area contributed by atoms with E-state index in [1.165, 1.54) is 18.2 Å². The molecule has 1 saturated carbocycles. The number of aliphatic imine (C=N–C) groups is 1. The molecule has 1 aromatic carbocycles. The van der Waals surface area contributed by atoms with Gasteiger partial charge in [-0.05, 0) is 43.9 Å². The molecule has 1 fully saturated rings. The molecule has 3 nitrogen and oxygen atoms in total. The highest BCUT2D eigenvalue weighted by Crippen LogP contribution is 2.48. The topological polar surface area (TPSA) is 49.7 Å². The lowest BCUT2D eigenvalue weighted by Crippen LogP contribution is -2.32. The zero-order chi connectivity index (χ0) is 11.8. The zero-order valence-corrected chi connectivity index (χ0v) is 8.96. The van der Waals surface area contributed by atoms with Crippen molar-refractivity contribution >= 4 is 6.08 Å². The van der Waals surface area contributed by atoms with Gasteiger partial charge >= 0.3 is 0 Å². The van der Waals surface area contributed by atoms with Gasteiger partial charge in [0.05, 0.1) is 0 Å². The first-order chi connectivity index (χ1) is 7.59. The Hall–Kier alpha value is -1.67. The van der Waals surface area contributed by atoms with Gasteiger partial charge < -0.3 is 5.11 Å².